The van der Waals surface area contributed by atoms with Crippen LogP contribution in [0.15, 0.2) is 5.16 Å². The van der Waals surface area contributed by atoms with Gasteiger partial charge in [0.1, 0.15) is 0 Å². The van der Waals surface area contributed by atoms with Crippen LogP contribution in [0.5, 0.6) is 0 Å². The number of nitrogens with one attached hydrogen (secondary N) is 1. The predicted molar refractivity (Wildman–Crippen MR) is 49.4 cm³/mol. The highest BCUT2D eigenvalue weighted by Crippen LogP contribution is 1.87. The Morgan fingerprint density at radius 1 is 1.67 bits per heavy atom. The van der Waals surface area contributed by atoms with E-state index in [4.69, 9.17) is 10.9 Å². The van der Waals surface area contributed by atoms with Crippen molar-refractivity contribution in [2.24, 2.45) is 10.9 Å². The second-order valence-corrected chi connectivity index (χ2v) is 3.03. The number of rotatable bonds is 5. The van der Waals surface area contributed by atoms with Crippen LogP contribution in [-0.2, 0) is 0 Å². The highest BCUT2D eigenvalue weighted by Gasteiger charge is 2.02. The zero-order valence-electron chi connectivity index (χ0n) is 7.91. The van der Waals surface area contributed by atoms with Gasteiger partial charge in [-0.25, -0.2) is 0 Å². The molecule has 0 fully saturated rings. The number of hydrogen-bond acceptors (Lipinski definition) is 4. The summed E-state index contributed by atoms with van der Waals surface area (Å²) in [4.78, 5) is 2.10. The van der Waals surface area contributed by atoms with Crippen molar-refractivity contribution < 1.29 is 5.21 Å². The molecule has 0 saturated heterocycles. The van der Waals surface area contributed by atoms with Crippen molar-refractivity contribution in [2.45, 2.75) is 13.0 Å². The molecule has 0 aromatic heterocycles. The highest BCUT2D eigenvalue weighted by molar-refractivity contribution is 5.81. The molecule has 0 bridgehead atoms. The van der Waals surface area contributed by atoms with Crippen LogP contribution in [-0.4, -0.2) is 49.2 Å². The quantitative estimate of drug-likeness (QED) is 0.222. The topological polar surface area (TPSA) is 73.9 Å². The standard InChI is InChI=1S/C7H18N4O/c1-6(11(2)3)4-9-5-7(8)10-12/h6,9,12H,4-5H2,1-3H3,(H2,8,10). The molecule has 0 aromatic rings. The summed E-state index contributed by atoms with van der Waals surface area (Å²) in [6.45, 7) is 3.34. The molecule has 0 saturated carbocycles. The zero-order valence-corrected chi connectivity index (χ0v) is 7.91. The Balaban J connectivity index is 3.43. The van der Waals surface area contributed by atoms with Gasteiger partial charge in [-0.15, -0.1) is 0 Å². The predicted octanol–water partition coefficient (Wildman–Crippen LogP) is -0.727. The first-order valence-corrected chi connectivity index (χ1v) is 3.91. The summed E-state index contributed by atoms with van der Waals surface area (Å²) >= 11 is 0. The summed E-state index contributed by atoms with van der Waals surface area (Å²) < 4.78 is 0. The molecule has 0 aliphatic heterocycles. The maximum absolute atomic E-state index is 8.22. The number of oxime groups is 1. The minimum atomic E-state index is 0.209. The first-order chi connectivity index (χ1) is 5.57. The van der Waals surface area contributed by atoms with E-state index in [-0.39, 0.29) is 5.84 Å². The summed E-state index contributed by atoms with van der Waals surface area (Å²) in [6, 6.07) is 0.441. The Kier molecular flexibility index (Phi) is 5.40. The van der Waals surface area contributed by atoms with Gasteiger partial charge < -0.3 is 21.2 Å². The summed E-state index contributed by atoms with van der Waals surface area (Å²) in [7, 11) is 4.02. The molecule has 0 aliphatic carbocycles. The van der Waals surface area contributed by atoms with E-state index in [1.54, 1.807) is 0 Å². The average Bonchev–Trinajstić information content (AvgIpc) is 2.03. The Labute approximate surface area is 73.2 Å². The van der Waals surface area contributed by atoms with Crippen LogP contribution in [0.4, 0.5) is 0 Å². The zero-order chi connectivity index (χ0) is 9.56. The van der Waals surface area contributed by atoms with E-state index in [1.807, 2.05) is 14.1 Å². The smallest absolute Gasteiger partial charge is 0.153 e. The van der Waals surface area contributed by atoms with Crippen LogP contribution >= 0.6 is 0 Å². The number of nitrogens with two attached hydrogens (primary N) is 1. The van der Waals surface area contributed by atoms with Gasteiger partial charge in [-0.1, -0.05) is 5.16 Å². The molecule has 1 unspecified atom stereocenters. The molecule has 0 heterocycles. The summed E-state index contributed by atoms with van der Waals surface area (Å²) in [5.41, 5.74) is 5.26. The first kappa shape index (κ1) is 11.2. The lowest BCUT2D eigenvalue weighted by molar-refractivity contribution is 0.303. The average molecular weight is 174 g/mol. The van der Waals surface area contributed by atoms with Gasteiger partial charge in [0.2, 0.25) is 0 Å². The fourth-order valence-electron chi connectivity index (χ4n) is 0.627. The summed E-state index contributed by atoms with van der Waals surface area (Å²) in [6.07, 6.45) is 0. The normalized spacial score (nSPS) is 15.2. The van der Waals surface area contributed by atoms with Crippen LogP contribution in [0.2, 0.25) is 0 Å². The Hall–Kier alpha value is -0.810. The minimum absolute atomic E-state index is 0.209. The third-order valence-corrected chi connectivity index (χ3v) is 1.76. The van der Waals surface area contributed by atoms with Gasteiger partial charge in [-0.05, 0) is 21.0 Å². The van der Waals surface area contributed by atoms with Gasteiger partial charge in [0.25, 0.3) is 0 Å². The number of nitrogens with zero attached hydrogens (tertiary/aromatic N) is 2. The van der Waals surface area contributed by atoms with Gasteiger partial charge in [0, 0.05) is 12.6 Å². The van der Waals surface area contributed by atoms with E-state index < -0.39 is 0 Å². The third-order valence-electron chi connectivity index (χ3n) is 1.76. The van der Waals surface area contributed by atoms with Crippen LogP contribution in [0.25, 0.3) is 0 Å². The van der Waals surface area contributed by atoms with Gasteiger partial charge in [0.05, 0.1) is 6.54 Å². The van der Waals surface area contributed by atoms with Gasteiger partial charge in [-0.3, -0.25) is 0 Å². The molecule has 12 heavy (non-hydrogen) atoms. The lowest BCUT2D eigenvalue weighted by atomic mass is 10.3. The molecule has 0 aromatic carbocycles. The van der Waals surface area contributed by atoms with Crippen molar-refractivity contribution in [2.75, 3.05) is 27.2 Å². The fourth-order valence-corrected chi connectivity index (χ4v) is 0.627. The Bertz CT molecular complexity index is 146. The van der Waals surface area contributed by atoms with Gasteiger partial charge >= 0.3 is 0 Å². The van der Waals surface area contributed by atoms with Crippen molar-refractivity contribution in [1.29, 1.82) is 0 Å². The first-order valence-electron chi connectivity index (χ1n) is 3.91. The summed E-state index contributed by atoms with van der Waals surface area (Å²) in [5.74, 6) is 0.209. The third kappa shape index (κ3) is 4.92. The number of amidine groups is 1. The number of likely N-dealkylation sites (N-methyl/N-ethyl adjacent to an activating group) is 1. The van der Waals surface area contributed by atoms with E-state index in [2.05, 4.69) is 22.3 Å². The van der Waals surface area contributed by atoms with Crippen LogP contribution in [0, 0.1) is 0 Å². The second-order valence-electron chi connectivity index (χ2n) is 3.03. The Morgan fingerprint density at radius 2 is 2.25 bits per heavy atom. The monoisotopic (exact) mass is 174 g/mol. The van der Waals surface area contributed by atoms with Crippen molar-refractivity contribution in [3.05, 3.63) is 0 Å². The SMILES string of the molecule is CC(CNCC(N)=NO)N(C)C. The maximum Gasteiger partial charge on any atom is 0.153 e. The molecule has 0 rings (SSSR count). The second kappa shape index (κ2) is 5.79. The molecule has 5 heteroatoms. The van der Waals surface area contributed by atoms with Crippen molar-refractivity contribution in [1.82, 2.24) is 10.2 Å². The Morgan fingerprint density at radius 3 is 2.67 bits per heavy atom. The molecule has 0 radical (unpaired) electrons. The molecule has 0 spiro atoms. The molecule has 1 atom stereocenters. The van der Waals surface area contributed by atoms with Crippen molar-refractivity contribution in [3.63, 3.8) is 0 Å². The van der Waals surface area contributed by atoms with E-state index >= 15 is 0 Å². The lowest BCUT2D eigenvalue weighted by Gasteiger charge is -2.19. The number of hydrogen-bond donors (Lipinski definition) is 3. The van der Waals surface area contributed by atoms with E-state index in [0.717, 1.165) is 6.54 Å². The highest BCUT2D eigenvalue weighted by atomic mass is 16.4. The lowest BCUT2D eigenvalue weighted by Crippen LogP contribution is -2.39. The molecular weight excluding hydrogens is 156 g/mol. The van der Waals surface area contributed by atoms with Crippen LogP contribution in [0.3, 0.4) is 0 Å². The van der Waals surface area contributed by atoms with Crippen LogP contribution < -0.4 is 11.1 Å². The molecule has 0 amide bonds. The molecule has 0 aliphatic rings. The van der Waals surface area contributed by atoms with E-state index in [0.29, 0.717) is 12.6 Å². The van der Waals surface area contributed by atoms with Gasteiger partial charge in [0.15, 0.2) is 5.84 Å². The molecule has 5 nitrogen and oxygen atoms in total. The largest absolute Gasteiger partial charge is 0.409 e. The molecule has 4 N–H and O–H groups in total. The van der Waals surface area contributed by atoms with Crippen molar-refractivity contribution in [3.8, 4) is 0 Å². The van der Waals surface area contributed by atoms with Gasteiger partial charge in [-0.2, -0.15) is 0 Å². The molecular formula is C7H18N4O. The van der Waals surface area contributed by atoms with Crippen LogP contribution in [0.1, 0.15) is 6.92 Å². The fraction of sp³-hybridized carbons (Fsp3) is 0.857. The maximum atomic E-state index is 8.22. The molecule has 72 valence electrons. The van der Waals surface area contributed by atoms with E-state index in [9.17, 15) is 0 Å². The van der Waals surface area contributed by atoms with Crippen molar-refractivity contribution >= 4 is 5.84 Å². The summed E-state index contributed by atoms with van der Waals surface area (Å²) in [5, 5.41) is 14.1. The van der Waals surface area contributed by atoms with E-state index in [1.165, 1.54) is 0 Å². The minimum Gasteiger partial charge on any atom is -0.409 e.